The van der Waals surface area contributed by atoms with Crippen molar-refractivity contribution in [3.63, 3.8) is 0 Å². The van der Waals surface area contributed by atoms with Crippen LogP contribution in [0.2, 0.25) is 0 Å². The molecule has 2 heterocycles. The first-order chi connectivity index (χ1) is 9.01. The third-order valence-corrected chi connectivity index (χ3v) is 4.60. The number of amides is 2. The number of hydrogen-bond donors (Lipinski definition) is 2. The van der Waals surface area contributed by atoms with Gasteiger partial charge in [-0.3, -0.25) is 9.59 Å². The van der Waals surface area contributed by atoms with E-state index in [1.807, 2.05) is 0 Å². The van der Waals surface area contributed by atoms with Crippen molar-refractivity contribution >= 4 is 22.9 Å². The first-order valence-electron chi connectivity index (χ1n) is 6.54. The number of ether oxygens (including phenoxy) is 1. The highest BCUT2D eigenvalue weighted by molar-refractivity contribution is 8.13. The third kappa shape index (κ3) is 3.61. The number of aliphatic hydroxyl groups is 1. The lowest BCUT2D eigenvalue weighted by molar-refractivity contribution is -0.123. The van der Waals surface area contributed by atoms with E-state index in [0.717, 1.165) is 5.75 Å². The van der Waals surface area contributed by atoms with Gasteiger partial charge in [0, 0.05) is 44.8 Å². The van der Waals surface area contributed by atoms with Crippen LogP contribution in [-0.2, 0) is 9.53 Å². The molecule has 0 aromatic carbocycles. The van der Waals surface area contributed by atoms with Gasteiger partial charge in [0.15, 0.2) is 0 Å². The van der Waals surface area contributed by atoms with Crippen molar-refractivity contribution in [2.75, 3.05) is 32.0 Å². The van der Waals surface area contributed by atoms with E-state index in [1.54, 1.807) is 11.8 Å². The number of thioether (sulfide) groups is 1. The van der Waals surface area contributed by atoms with Gasteiger partial charge < -0.3 is 20.1 Å². The smallest absolute Gasteiger partial charge is 0.281 e. The van der Waals surface area contributed by atoms with Gasteiger partial charge >= 0.3 is 0 Å². The summed E-state index contributed by atoms with van der Waals surface area (Å²) in [5.74, 6) is 0.659. The van der Waals surface area contributed by atoms with Crippen molar-refractivity contribution in [1.82, 2.24) is 10.2 Å². The normalized spacial score (nSPS) is 30.9. The molecule has 0 aliphatic carbocycles. The number of carbonyl (C=O) groups is 2. The maximum absolute atomic E-state index is 11.7. The quantitative estimate of drug-likeness (QED) is 0.755. The van der Waals surface area contributed by atoms with Gasteiger partial charge in [0.1, 0.15) is 5.60 Å². The van der Waals surface area contributed by atoms with Crippen LogP contribution in [0.15, 0.2) is 0 Å². The van der Waals surface area contributed by atoms with E-state index in [1.165, 1.54) is 11.8 Å². The molecule has 19 heavy (non-hydrogen) atoms. The molecule has 0 radical (unpaired) electrons. The Morgan fingerprint density at radius 3 is 3.05 bits per heavy atom. The standard InChI is InChI=1S/C12H20N2O4S/c1-9-12(17,3-6-18-9)8-13-10(15)2-4-14-5-7-19-11(14)16/h9,17H,2-8H2,1H3,(H,13,15). The first-order valence-corrected chi connectivity index (χ1v) is 7.52. The molecule has 0 aromatic heterocycles. The number of carbonyl (C=O) groups excluding carboxylic acids is 2. The molecule has 2 N–H and O–H groups in total. The summed E-state index contributed by atoms with van der Waals surface area (Å²) in [6.07, 6.45) is 0.553. The Labute approximate surface area is 116 Å². The molecule has 7 heteroatoms. The Balaban J connectivity index is 1.68. The highest BCUT2D eigenvalue weighted by atomic mass is 32.2. The van der Waals surface area contributed by atoms with Crippen LogP contribution in [0, 0.1) is 0 Å². The zero-order valence-corrected chi connectivity index (χ0v) is 11.9. The molecule has 0 bridgehead atoms. The molecule has 2 saturated heterocycles. The van der Waals surface area contributed by atoms with Crippen molar-refractivity contribution in [2.45, 2.75) is 31.5 Å². The Hall–Kier alpha value is -0.790. The van der Waals surface area contributed by atoms with Gasteiger partial charge in [0.25, 0.3) is 5.24 Å². The van der Waals surface area contributed by atoms with Crippen molar-refractivity contribution < 1.29 is 19.4 Å². The summed E-state index contributed by atoms with van der Waals surface area (Å²) in [6.45, 7) is 3.69. The maximum Gasteiger partial charge on any atom is 0.281 e. The Kier molecular flexibility index (Phi) is 4.70. The summed E-state index contributed by atoms with van der Waals surface area (Å²) in [7, 11) is 0. The van der Waals surface area contributed by atoms with E-state index in [4.69, 9.17) is 4.74 Å². The second kappa shape index (κ2) is 6.11. The molecule has 2 atom stereocenters. The van der Waals surface area contributed by atoms with Crippen LogP contribution < -0.4 is 5.32 Å². The average molecular weight is 288 g/mol. The average Bonchev–Trinajstić information content (AvgIpc) is 2.92. The molecule has 2 rings (SSSR count). The van der Waals surface area contributed by atoms with E-state index in [0.29, 0.717) is 26.1 Å². The topological polar surface area (TPSA) is 78.9 Å². The maximum atomic E-state index is 11.7. The van der Waals surface area contributed by atoms with E-state index < -0.39 is 5.60 Å². The third-order valence-electron chi connectivity index (χ3n) is 3.70. The number of rotatable bonds is 5. The Morgan fingerprint density at radius 1 is 1.68 bits per heavy atom. The van der Waals surface area contributed by atoms with Crippen LogP contribution in [0.25, 0.3) is 0 Å². The van der Waals surface area contributed by atoms with Crippen LogP contribution >= 0.6 is 11.8 Å². The highest BCUT2D eigenvalue weighted by Gasteiger charge is 2.39. The Morgan fingerprint density at radius 2 is 2.47 bits per heavy atom. The van der Waals surface area contributed by atoms with Gasteiger partial charge in [0.05, 0.1) is 6.10 Å². The molecule has 2 amide bonds. The summed E-state index contributed by atoms with van der Waals surface area (Å²) in [6, 6.07) is 0. The van der Waals surface area contributed by atoms with Crippen molar-refractivity contribution in [1.29, 1.82) is 0 Å². The monoisotopic (exact) mass is 288 g/mol. The molecule has 6 nitrogen and oxygen atoms in total. The molecule has 2 aliphatic rings. The molecule has 0 aromatic rings. The lowest BCUT2D eigenvalue weighted by atomic mass is 9.97. The van der Waals surface area contributed by atoms with Gasteiger partial charge in [-0.05, 0) is 6.92 Å². The molecule has 0 saturated carbocycles. The highest BCUT2D eigenvalue weighted by Crippen LogP contribution is 2.24. The summed E-state index contributed by atoms with van der Waals surface area (Å²) in [5, 5.41) is 13.0. The van der Waals surface area contributed by atoms with Gasteiger partial charge in [-0.2, -0.15) is 0 Å². The van der Waals surface area contributed by atoms with Crippen molar-refractivity contribution in [3.8, 4) is 0 Å². The minimum absolute atomic E-state index is 0.0456. The zero-order chi connectivity index (χ0) is 13.9. The molecular formula is C12H20N2O4S. The lowest BCUT2D eigenvalue weighted by Crippen LogP contribution is -2.47. The predicted octanol–water partition coefficient (Wildman–Crippen LogP) is 0.201. The molecule has 2 unspecified atom stereocenters. The summed E-state index contributed by atoms with van der Waals surface area (Å²) in [4.78, 5) is 24.7. The number of nitrogens with one attached hydrogen (secondary N) is 1. The fourth-order valence-electron chi connectivity index (χ4n) is 2.21. The molecular weight excluding hydrogens is 268 g/mol. The van der Waals surface area contributed by atoms with Crippen molar-refractivity contribution in [3.05, 3.63) is 0 Å². The van der Waals surface area contributed by atoms with Crippen LogP contribution in [-0.4, -0.2) is 64.9 Å². The van der Waals surface area contributed by atoms with Gasteiger partial charge in [-0.25, -0.2) is 0 Å². The predicted molar refractivity (Wildman–Crippen MR) is 72.0 cm³/mol. The van der Waals surface area contributed by atoms with E-state index >= 15 is 0 Å². The summed E-state index contributed by atoms with van der Waals surface area (Å²) >= 11 is 1.29. The van der Waals surface area contributed by atoms with E-state index in [9.17, 15) is 14.7 Å². The van der Waals surface area contributed by atoms with Gasteiger partial charge in [-0.15, -0.1) is 0 Å². The summed E-state index contributed by atoms with van der Waals surface area (Å²) < 4.78 is 5.30. The molecule has 2 aliphatic heterocycles. The fraction of sp³-hybridized carbons (Fsp3) is 0.833. The first kappa shape index (κ1) is 14.6. The Bertz CT molecular complexity index is 366. The minimum Gasteiger partial charge on any atom is -0.385 e. The second-order valence-electron chi connectivity index (χ2n) is 4.99. The fourth-order valence-corrected chi connectivity index (χ4v) is 3.06. The SMILES string of the molecule is CC1OCCC1(O)CNC(=O)CCN1CCSC1=O. The van der Waals surface area contributed by atoms with Crippen LogP contribution in [0.5, 0.6) is 0 Å². The van der Waals surface area contributed by atoms with Crippen molar-refractivity contribution in [2.24, 2.45) is 0 Å². The lowest BCUT2D eigenvalue weighted by Gasteiger charge is -2.26. The number of nitrogens with zero attached hydrogens (tertiary/aromatic N) is 1. The van der Waals surface area contributed by atoms with E-state index in [2.05, 4.69) is 5.32 Å². The van der Waals surface area contributed by atoms with Crippen LogP contribution in [0.3, 0.4) is 0 Å². The molecule has 108 valence electrons. The zero-order valence-electron chi connectivity index (χ0n) is 11.1. The summed E-state index contributed by atoms with van der Waals surface area (Å²) in [5.41, 5.74) is -0.963. The minimum atomic E-state index is -0.963. The molecule has 0 spiro atoms. The second-order valence-corrected chi connectivity index (χ2v) is 6.04. The van der Waals surface area contributed by atoms with Gasteiger partial charge in [-0.1, -0.05) is 11.8 Å². The van der Waals surface area contributed by atoms with E-state index in [-0.39, 0.29) is 30.2 Å². The van der Waals surface area contributed by atoms with Gasteiger partial charge in [0.2, 0.25) is 5.91 Å². The largest absolute Gasteiger partial charge is 0.385 e. The van der Waals surface area contributed by atoms with Crippen LogP contribution in [0.1, 0.15) is 19.8 Å². The number of hydrogen-bond acceptors (Lipinski definition) is 5. The molecule has 2 fully saturated rings. The van der Waals surface area contributed by atoms with Crippen LogP contribution in [0.4, 0.5) is 4.79 Å².